The summed E-state index contributed by atoms with van der Waals surface area (Å²) in [5.41, 5.74) is 2.73. The minimum atomic E-state index is -0.758. The van der Waals surface area contributed by atoms with E-state index in [0.717, 1.165) is 42.4 Å². The molecule has 0 aromatic heterocycles. The second kappa shape index (κ2) is 13.6. The molecule has 1 N–H and O–H groups in total. The van der Waals surface area contributed by atoms with Gasteiger partial charge in [0.05, 0.1) is 12.0 Å². The molecule has 4 rings (SSSR count). The second-order valence-corrected chi connectivity index (χ2v) is 10.1. The van der Waals surface area contributed by atoms with Crippen LogP contribution in [0.4, 0.5) is 5.69 Å². The summed E-state index contributed by atoms with van der Waals surface area (Å²) in [5.74, 6) is -0.279. The summed E-state index contributed by atoms with van der Waals surface area (Å²) in [5, 5.41) is 14.4. The fourth-order valence-corrected chi connectivity index (χ4v) is 4.94. The van der Waals surface area contributed by atoms with Gasteiger partial charge in [-0.2, -0.15) is 0 Å². The van der Waals surface area contributed by atoms with Crippen molar-refractivity contribution < 1.29 is 24.0 Å². The molecule has 9 nitrogen and oxygen atoms in total. The predicted molar refractivity (Wildman–Crippen MR) is 151 cm³/mol. The first-order valence-electron chi connectivity index (χ1n) is 13.5. The van der Waals surface area contributed by atoms with E-state index in [0.29, 0.717) is 6.42 Å². The lowest BCUT2D eigenvalue weighted by Gasteiger charge is -2.32. The molecular weight excluding hydrogens is 510 g/mol. The van der Waals surface area contributed by atoms with Crippen molar-refractivity contribution in [1.82, 2.24) is 10.2 Å². The average molecular weight is 546 g/mol. The summed E-state index contributed by atoms with van der Waals surface area (Å²) in [6.45, 7) is 1.86. The van der Waals surface area contributed by atoms with Crippen LogP contribution in [0, 0.1) is 17.0 Å². The number of rotatable bonds is 12. The molecule has 3 aromatic rings. The van der Waals surface area contributed by atoms with Gasteiger partial charge >= 0.3 is 5.69 Å². The molecule has 0 heterocycles. The molecule has 210 valence electrons. The largest absolute Gasteiger partial charge is 0.490 e. The normalized spacial score (nSPS) is 13.8. The summed E-state index contributed by atoms with van der Waals surface area (Å²) in [7, 11) is 1.33. The van der Waals surface area contributed by atoms with Crippen LogP contribution in [0.5, 0.6) is 11.5 Å². The van der Waals surface area contributed by atoms with Gasteiger partial charge in [0.1, 0.15) is 11.8 Å². The monoisotopic (exact) mass is 545 g/mol. The van der Waals surface area contributed by atoms with Gasteiger partial charge in [0, 0.05) is 31.1 Å². The van der Waals surface area contributed by atoms with Crippen molar-refractivity contribution in [3.05, 3.63) is 99.6 Å². The van der Waals surface area contributed by atoms with Gasteiger partial charge in [-0.25, -0.2) is 0 Å². The van der Waals surface area contributed by atoms with E-state index in [-0.39, 0.29) is 48.2 Å². The van der Waals surface area contributed by atoms with Crippen molar-refractivity contribution in [3.63, 3.8) is 0 Å². The van der Waals surface area contributed by atoms with Crippen LogP contribution in [0.1, 0.15) is 42.4 Å². The van der Waals surface area contributed by atoms with Gasteiger partial charge in [-0.3, -0.25) is 19.7 Å². The topological polar surface area (TPSA) is 111 Å². The highest BCUT2D eigenvalue weighted by Crippen LogP contribution is 2.31. The van der Waals surface area contributed by atoms with Crippen LogP contribution in [0.15, 0.2) is 72.8 Å². The number of ether oxygens (including phenoxy) is 2. The lowest BCUT2D eigenvalue weighted by Crippen LogP contribution is -2.53. The van der Waals surface area contributed by atoms with E-state index in [1.807, 2.05) is 61.5 Å². The summed E-state index contributed by atoms with van der Waals surface area (Å²) in [4.78, 5) is 39.8. The summed E-state index contributed by atoms with van der Waals surface area (Å²) in [6, 6.07) is 20.9. The van der Waals surface area contributed by atoms with Gasteiger partial charge in [-0.1, -0.05) is 73.0 Å². The van der Waals surface area contributed by atoms with Crippen molar-refractivity contribution in [2.75, 3.05) is 13.7 Å². The molecule has 0 unspecified atom stereocenters. The molecule has 0 spiro atoms. The SMILES string of the molecule is COc1cc(OCC(=O)N(Cc2ccc(C)cc2)[C@H](Cc2ccccc2)C(=O)NC2CCCC2)ccc1[N+](=O)[O-]. The first-order valence-corrected chi connectivity index (χ1v) is 13.5. The highest BCUT2D eigenvalue weighted by atomic mass is 16.6. The summed E-state index contributed by atoms with van der Waals surface area (Å²) in [6.07, 6.45) is 4.36. The number of carbonyl (C=O) groups excluding carboxylic acids is 2. The van der Waals surface area contributed by atoms with Crippen LogP contribution in [-0.2, 0) is 22.6 Å². The van der Waals surface area contributed by atoms with Crippen molar-refractivity contribution in [1.29, 1.82) is 0 Å². The number of carbonyl (C=O) groups is 2. The molecule has 0 bridgehead atoms. The quantitative estimate of drug-likeness (QED) is 0.254. The number of hydrogen-bond acceptors (Lipinski definition) is 6. The van der Waals surface area contributed by atoms with Crippen molar-refractivity contribution in [2.45, 2.75) is 57.7 Å². The molecule has 1 saturated carbocycles. The second-order valence-electron chi connectivity index (χ2n) is 10.1. The fraction of sp³-hybridized carbons (Fsp3) is 0.355. The fourth-order valence-electron chi connectivity index (χ4n) is 4.94. The van der Waals surface area contributed by atoms with Crippen molar-refractivity contribution in [3.8, 4) is 11.5 Å². The number of methoxy groups -OCH3 is 1. The third kappa shape index (κ3) is 7.59. The van der Waals surface area contributed by atoms with E-state index >= 15 is 0 Å². The van der Waals surface area contributed by atoms with Gasteiger partial charge in [0.15, 0.2) is 6.61 Å². The standard InChI is InChI=1S/C31H35N3O6/c1-22-12-14-24(15-13-22)20-33(30(35)21-40-26-16-17-27(34(37)38)29(19-26)39-2)28(18-23-8-4-3-5-9-23)31(36)32-25-10-6-7-11-25/h3-5,8-9,12-17,19,25,28H,6-7,10-11,18,20-21H2,1-2H3,(H,32,36)/t28-/m1/s1. The Morgan fingerprint density at radius 1 is 1.02 bits per heavy atom. The van der Waals surface area contributed by atoms with E-state index in [9.17, 15) is 19.7 Å². The minimum absolute atomic E-state index is 0.0318. The van der Waals surface area contributed by atoms with Gasteiger partial charge < -0.3 is 19.7 Å². The highest BCUT2D eigenvalue weighted by Gasteiger charge is 2.32. The number of nitro benzene ring substituents is 1. The van der Waals surface area contributed by atoms with Crippen LogP contribution in [0.3, 0.4) is 0 Å². The number of amides is 2. The molecule has 1 aliphatic carbocycles. The predicted octanol–water partition coefficient (Wildman–Crippen LogP) is 4.99. The Kier molecular flexibility index (Phi) is 9.72. The lowest BCUT2D eigenvalue weighted by molar-refractivity contribution is -0.385. The van der Waals surface area contributed by atoms with Crippen LogP contribution < -0.4 is 14.8 Å². The molecular formula is C31H35N3O6. The van der Waals surface area contributed by atoms with E-state index in [1.165, 1.54) is 25.3 Å². The van der Waals surface area contributed by atoms with Crippen LogP contribution in [0.25, 0.3) is 0 Å². The zero-order chi connectivity index (χ0) is 28.5. The maximum Gasteiger partial charge on any atom is 0.311 e. The first-order chi connectivity index (χ1) is 19.3. The maximum absolute atomic E-state index is 13.8. The Morgan fingerprint density at radius 2 is 1.73 bits per heavy atom. The molecule has 1 fully saturated rings. The Morgan fingerprint density at radius 3 is 2.38 bits per heavy atom. The van der Waals surface area contributed by atoms with Crippen molar-refractivity contribution >= 4 is 17.5 Å². The first kappa shape index (κ1) is 28.6. The van der Waals surface area contributed by atoms with Crippen molar-refractivity contribution in [2.24, 2.45) is 0 Å². The highest BCUT2D eigenvalue weighted by molar-refractivity contribution is 5.88. The third-order valence-electron chi connectivity index (χ3n) is 7.16. The smallest absolute Gasteiger partial charge is 0.311 e. The number of nitro groups is 1. The molecule has 2 amide bonds. The molecule has 0 aliphatic heterocycles. The molecule has 1 atom stereocenters. The van der Waals surface area contributed by atoms with Crippen LogP contribution in [0.2, 0.25) is 0 Å². The Hall–Kier alpha value is -4.40. The molecule has 3 aromatic carbocycles. The number of nitrogens with zero attached hydrogens (tertiary/aromatic N) is 2. The maximum atomic E-state index is 13.8. The van der Waals surface area contributed by atoms with E-state index in [2.05, 4.69) is 5.32 Å². The summed E-state index contributed by atoms with van der Waals surface area (Å²) < 4.78 is 10.9. The number of aryl methyl sites for hydroxylation is 1. The molecule has 9 heteroatoms. The Labute approximate surface area is 234 Å². The van der Waals surface area contributed by atoms with E-state index < -0.39 is 11.0 Å². The van der Waals surface area contributed by atoms with E-state index in [4.69, 9.17) is 9.47 Å². The van der Waals surface area contributed by atoms with Gasteiger partial charge in [-0.15, -0.1) is 0 Å². The molecule has 0 saturated heterocycles. The zero-order valence-corrected chi connectivity index (χ0v) is 22.9. The summed E-state index contributed by atoms with van der Waals surface area (Å²) >= 11 is 0. The van der Waals surface area contributed by atoms with E-state index in [1.54, 1.807) is 4.90 Å². The van der Waals surface area contributed by atoms with Crippen LogP contribution in [-0.4, -0.2) is 47.4 Å². The number of hydrogen-bond donors (Lipinski definition) is 1. The molecule has 1 aliphatic rings. The molecule has 40 heavy (non-hydrogen) atoms. The Balaban J connectivity index is 1.61. The number of benzene rings is 3. The lowest BCUT2D eigenvalue weighted by atomic mass is 10.0. The van der Waals surface area contributed by atoms with Gasteiger partial charge in [-0.05, 0) is 37.0 Å². The minimum Gasteiger partial charge on any atom is -0.490 e. The van der Waals surface area contributed by atoms with Gasteiger partial charge in [0.25, 0.3) is 5.91 Å². The Bertz CT molecular complexity index is 1310. The third-order valence-corrected chi connectivity index (χ3v) is 7.16. The zero-order valence-electron chi connectivity index (χ0n) is 22.9. The number of nitrogens with one attached hydrogen (secondary N) is 1. The van der Waals surface area contributed by atoms with Gasteiger partial charge in [0.2, 0.25) is 11.7 Å². The molecule has 0 radical (unpaired) electrons. The van der Waals surface area contributed by atoms with Crippen LogP contribution >= 0.6 is 0 Å². The average Bonchev–Trinajstić information content (AvgIpc) is 3.47.